The maximum Gasteiger partial charge on any atom is 0.237 e. The highest BCUT2D eigenvalue weighted by Gasteiger charge is 2.30. The first kappa shape index (κ1) is 15.7. The van der Waals surface area contributed by atoms with Gasteiger partial charge in [-0.1, -0.05) is 36.4 Å². The van der Waals surface area contributed by atoms with E-state index in [2.05, 4.69) is 27.3 Å². The number of carbonyl (C=O) groups is 1. The molecule has 1 saturated heterocycles. The number of hydrogen-bond acceptors (Lipinski definition) is 3. The van der Waals surface area contributed by atoms with Crippen molar-refractivity contribution in [3.8, 4) is 0 Å². The van der Waals surface area contributed by atoms with E-state index in [4.69, 9.17) is 0 Å². The predicted octanol–water partition coefficient (Wildman–Crippen LogP) is 2.67. The number of pyridine rings is 1. The maximum absolute atomic E-state index is 12.5. The first-order valence-corrected chi connectivity index (χ1v) is 8.19. The molecule has 1 aliphatic heterocycles. The Balaban J connectivity index is 1.56. The average Bonchev–Trinajstić information content (AvgIpc) is 3.03. The van der Waals surface area contributed by atoms with E-state index in [0.29, 0.717) is 6.54 Å². The highest BCUT2D eigenvalue weighted by molar-refractivity contribution is 5.82. The number of carbonyl (C=O) groups excluding carboxylic acids is 1. The second-order valence-electron chi connectivity index (χ2n) is 6.14. The van der Waals surface area contributed by atoms with Gasteiger partial charge in [0.2, 0.25) is 5.91 Å². The van der Waals surface area contributed by atoms with Crippen molar-refractivity contribution in [2.24, 2.45) is 0 Å². The molecule has 1 N–H and O–H groups in total. The number of likely N-dealkylation sites (tertiary alicyclic amines) is 1. The molecular formula is C19H23N3O. The van der Waals surface area contributed by atoms with Crippen molar-refractivity contribution >= 4 is 5.91 Å². The molecule has 0 bridgehead atoms. The van der Waals surface area contributed by atoms with Crippen LogP contribution < -0.4 is 5.32 Å². The minimum atomic E-state index is -0.0198. The molecule has 1 amide bonds. The summed E-state index contributed by atoms with van der Waals surface area (Å²) in [6, 6.07) is 14.3. The van der Waals surface area contributed by atoms with E-state index in [9.17, 15) is 4.79 Å². The Kier molecular flexibility index (Phi) is 5.03. The summed E-state index contributed by atoms with van der Waals surface area (Å²) < 4.78 is 0. The summed E-state index contributed by atoms with van der Waals surface area (Å²) in [5.41, 5.74) is 3.29. The lowest BCUT2D eigenvalue weighted by molar-refractivity contribution is -0.125. The van der Waals surface area contributed by atoms with Crippen LogP contribution in [0.5, 0.6) is 0 Å². The van der Waals surface area contributed by atoms with Gasteiger partial charge in [-0.15, -0.1) is 0 Å². The zero-order valence-electron chi connectivity index (χ0n) is 13.5. The summed E-state index contributed by atoms with van der Waals surface area (Å²) in [5, 5.41) is 3.06. The molecule has 0 saturated carbocycles. The SMILES string of the molecule is Cc1ccc(CNC(=O)C2CCCN2Cc2ccccc2)cn1. The molecule has 1 aromatic carbocycles. The van der Waals surface area contributed by atoms with E-state index in [-0.39, 0.29) is 11.9 Å². The first-order chi connectivity index (χ1) is 11.2. The molecule has 1 aromatic heterocycles. The van der Waals surface area contributed by atoms with Crippen molar-refractivity contribution in [3.05, 3.63) is 65.5 Å². The predicted molar refractivity (Wildman–Crippen MR) is 90.7 cm³/mol. The maximum atomic E-state index is 12.5. The Morgan fingerprint density at radius 1 is 1.22 bits per heavy atom. The van der Waals surface area contributed by atoms with E-state index in [0.717, 1.165) is 37.2 Å². The van der Waals surface area contributed by atoms with Gasteiger partial charge in [-0.25, -0.2) is 0 Å². The molecule has 0 aliphatic carbocycles. The molecule has 1 unspecified atom stereocenters. The van der Waals surface area contributed by atoms with E-state index in [1.165, 1.54) is 5.56 Å². The van der Waals surface area contributed by atoms with Crippen LogP contribution in [0.1, 0.15) is 29.7 Å². The van der Waals surface area contributed by atoms with Gasteiger partial charge in [-0.05, 0) is 43.5 Å². The molecular weight excluding hydrogens is 286 g/mol. The Labute approximate surface area is 137 Å². The number of benzene rings is 1. The number of aryl methyl sites for hydroxylation is 1. The van der Waals surface area contributed by atoms with Crippen LogP contribution >= 0.6 is 0 Å². The Hall–Kier alpha value is -2.20. The second-order valence-corrected chi connectivity index (χ2v) is 6.14. The molecule has 1 fully saturated rings. The molecule has 23 heavy (non-hydrogen) atoms. The van der Waals surface area contributed by atoms with Gasteiger partial charge in [0.1, 0.15) is 0 Å². The van der Waals surface area contributed by atoms with Crippen LogP contribution in [-0.4, -0.2) is 28.4 Å². The summed E-state index contributed by atoms with van der Waals surface area (Å²) in [4.78, 5) is 19.1. The summed E-state index contributed by atoms with van der Waals surface area (Å²) in [6.45, 7) is 4.33. The molecule has 0 spiro atoms. The van der Waals surface area contributed by atoms with Gasteiger partial charge in [0.05, 0.1) is 6.04 Å². The standard InChI is InChI=1S/C19H23N3O/c1-15-9-10-17(12-20-15)13-21-19(23)18-8-5-11-22(18)14-16-6-3-2-4-7-16/h2-4,6-7,9-10,12,18H,5,8,11,13-14H2,1H3,(H,21,23). The molecule has 120 valence electrons. The van der Waals surface area contributed by atoms with Gasteiger partial charge in [-0.3, -0.25) is 14.7 Å². The minimum absolute atomic E-state index is 0.0198. The smallest absolute Gasteiger partial charge is 0.237 e. The van der Waals surface area contributed by atoms with Gasteiger partial charge in [0.15, 0.2) is 0 Å². The summed E-state index contributed by atoms with van der Waals surface area (Å²) in [7, 11) is 0. The van der Waals surface area contributed by atoms with Crippen molar-refractivity contribution in [1.82, 2.24) is 15.2 Å². The van der Waals surface area contributed by atoms with E-state index >= 15 is 0 Å². The van der Waals surface area contributed by atoms with Crippen LogP contribution in [0.2, 0.25) is 0 Å². The average molecular weight is 309 g/mol. The third-order valence-corrected chi connectivity index (χ3v) is 4.33. The van der Waals surface area contributed by atoms with E-state index in [1.807, 2.05) is 43.5 Å². The van der Waals surface area contributed by atoms with Crippen LogP contribution in [0.4, 0.5) is 0 Å². The van der Waals surface area contributed by atoms with Gasteiger partial charge >= 0.3 is 0 Å². The fourth-order valence-corrected chi connectivity index (χ4v) is 3.04. The fraction of sp³-hybridized carbons (Fsp3) is 0.368. The molecule has 0 radical (unpaired) electrons. The van der Waals surface area contributed by atoms with Crippen molar-refractivity contribution in [2.45, 2.75) is 38.9 Å². The van der Waals surface area contributed by atoms with Crippen LogP contribution in [-0.2, 0) is 17.9 Å². The zero-order chi connectivity index (χ0) is 16.1. The molecule has 1 atom stereocenters. The fourth-order valence-electron chi connectivity index (χ4n) is 3.04. The quantitative estimate of drug-likeness (QED) is 0.923. The summed E-state index contributed by atoms with van der Waals surface area (Å²) in [5.74, 6) is 0.124. The zero-order valence-corrected chi connectivity index (χ0v) is 13.5. The molecule has 2 heterocycles. The second kappa shape index (κ2) is 7.38. The summed E-state index contributed by atoms with van der Waals surface area (Å²) >= 11 is 0. The Bertz CT molecular complexity index is 639. The van der Waals surface area contributed by atoms with Crippen molar-refractivity contribution in [3.63, 3.8) is 0 Å². The first-order valence-electron chi connectivity index (χ1n) is 8.19. The van der Waals surface area contributed by atoms with Gasteiger partial charge in [0.25, 0.3) is 0 Å². The summed E-state index contributed by atoms with van der Waals surface area (Å²) in [6.07, 6.45) is 3.84. The van der Waals surface area contributed by atoms with Crippen LogP contribution in [0.3, 0.4) is 0 Å². The molecule has 3 rings (SSSR count). The highest BCUT2D eigenvalue weighted by atomic mass is 16.2. The van der Waals surface area contributed by atoms with Crippen LogP contribution in [0.15, 0.2) is 48.7 Å². The third kappa shape index (κ3) is 4.17. The lowest BCUT2D eigenvalue weighted by Crippen LogP contribution is -2.42. The highest BCUT2D eigenvalue weighted by Crippen LogP contribution is 2.20. The lowest BCUT2D eigenvalue weighted by Gasteiger charge is -2.23. The monoisotopic (exact) mass is 309 g/mol. The van der Waals surface area contributed by atoms with E-state index < -0.39 is 0 Å². The van der Waals surface area contributed by atoms with Crippen molar-refractivity contribution in [1.29, 1.82) is 0 Å². The Morgan fingerprint density at radius 2 is 2.04 bits per heavy atom. The van der Waals surface area contributed by atoms with Gasteiger partial charge < -0.3 is 5.32 Å². The molecule has 2 aromatic rings. The number of nitrogens with zero attached hydrogens (tertiary/aromatic N) is 2. The Morgan fingerprint density at radius 3 is 2.78 bits per heavy atom. The number of amides is 1. The molecule has 1 aliphatic rings. The lowest BCUT2D eigenvalue weighted by atomic mass is 10.1. The van der Waals surface area contributed by atoms with Crippen molar-refractivity contribution in [2.75, 3.05) is 6.54 Å². The largest absolute Gasteiger partial charge is 0.351 e. The number of rotatable bonds is 5. The molecule has 4 heteroatoms. The molecule has 4 nitrogen and oxygen atoms in total. The van der Waals surface area contributed by atoms with Gasteiger partial charge in [0, 0.05) is 25.0 Å². The number of nitrogens with one attached hydrogen (secondary N) is 1. The van der Waals surface area contributed by atoms with Crippen LogP contribution in [0.25, 0.3) is 0 Å². The number of hydrogen-bond donors (Lipinski definition) is 1. The topological polar surface area (TPSA) is 45.2 Å². The third-order valence-electron chi connectivity index (χ3n) is 4.33. The van der Waals surface area contributed by atoms with Crippen LogP contribution in [0, 0.1) is 6.92 Å². The normalized spacial score (nSPS) is 18.0. The van der Waals surface area contributed by atoms with E-state index in [1.54, 1.807) is 0 Å². The van der Waals surface area contributed by atoms with Crippen molar-refractivity contribution < 1.29 is 4.79 Å². The number of aromatic nitrogens is 1. The van der Waals surface area contributed by atoms with Gasteiger partial charge in [-0.2, -0.15) is 0 Å². The minimum Gasteiger partial charge on any atom is -0.351 e.